The third-order valence-corrected chi connectivity index (χ3v) is 6.89. The second-order valence-corrected chi connectivity index (χ2v) is 9.12. The number of aromatic nitrogens is 1. The van der Waals surface area contributed by atoms with Crippen molar-refractivity contribution in [1.29, 1.82) is 0 Å². The highest BCUT2D eigenvalue weighted by Gasteiger charge is 2.26. The molecular weight excluding hydrogens is 458 g/mol. The molecule has 1 aliphatic heterocycles. The SMILES string of the molecule is COc1ccc(N2CCN(C(=O)c3cc(-c4ccc(Cl)cc4)n(-c4ccccc4)c3C)CC2)cc1. The topological polar surface area (TPSA) is 37.7 Å². The minimum atomic E-state index is 0.0711. The number of anilines is 1. The van der Waals surface area contributed by atoms with Crippen molar-refractivity contribution in [1.82, 2.24) is 9.47 Å². The molecule has 0 bridgehead atoms. The molecule has 5 rings (SSSR count). The molecule has 6 heteroatoms. The second-order valence-electron chi connectivity index (χ2n) is 8.68. The summed E-state index contributed by atoms with van der Waals surface area (Å²) in [4.78, 5) is 18.0. The van der Waals surface area contributed by atoms with Crippen LogP contribution in [0.5, 0.6) is 5.75 Å². The number of amides is 1. The van der Waals surface area contributed by atoms with Crippen molar-refractivity contribution in [2.24, 2.45) is 0 Å². The lowest BCUT2D eigenvalue weighted by molar-refractivity contribution is 0.0746. The van der Waals surface area contributed by atoms with E-state index in [1.807, 2.05) is 72.5 Å². The molecule has 3 aromatic carbocycles. The summed E-state index contributed by atoms with van der Waals surface area (Å²) in [7, 11) is 1.67. The van der Waals surface area contributed by atoms with Crippen molar-refractivity contribution < 1.29 is 9.53 Å². The van der Waals surface area contributed by atoms with E-state index in [0.717, 1.165) is 52.7 Å². The number of ether oxygens (including phenoxy) is 1. The van der Waals surface area contributed by atoms with E-state index in [0.29, 0.717) is 18.1 Å². The summed E-state index contributed by atoms with van der Waals surface area (Å²) >= 11 is 6.14. The molecule has 178 valence electrons. The number of piperazine rings is 1. The van der Waals surface area contributed by atoms with E-state index in [9.17, 15) is 4.79 Å². The molecule has 1 aromatic heterocycles. The molecule has 4 aromatic rings. The Bertz CT molecular complexity index is 1310. The average Bonchev–Trinajstić information content (AvgIpc) is 3.26. The molecule has 2 heterocycles. The average molecular weight is 486 g/mol. The maximum Gasteiger partial charge on any atom is 0.255 e. The van der Waals surface area contributed by atoms with Gasteiger partial charge in [0.1, 0.15) is 5.75 Å². The van der Waals surface area contributed by atoms with Crippen LogP contribution in [0.3, 0.4) is 0 Å². The maximum absolute atomic E-state index is 13.7. The van der Waals surface area contributed by atoms with Crippen LogP contribution in [0.1, 0.15) is 16.1 Å². The zero-order chi connectivity index (χ0) is 24.4. The molecule has 0 spiro atoms. The van der Waals surface area contributed by atoms with E-state index >= 15 is 0 Å². The Morgan fingerprint density at radius 1 is 0.829 bits per heavy atom. The number of carbonyl (C=O) groups is 1. The number of rotatable bonds is 5. The Kier molecular flexibility index (Phi) is 6.51. The van der Waals surface area contributed by atoms with Crippen LogP contribution in [0.25, 0.3) is 16.9 Å². The van der Waals surface area contributed by atoms with Gasteiger partial charge in [0.2, 0.25) is 0 Å². The smallest absolute Gasteiger partial charge is 0.255 e. The number of nitrogens with zero attached hydrogens (tertiary/aromatic N) is 3. The summed E-state index contributed by atoms with van der Waals surface area (Å²) < 4.78 is 7.42. The van der Waals surface area contributed by atoms with Gasteiger partial charge in [-0.15, -0.1) is 0 Å². The number of benzene rings is 3. The third-order valence-electron chi connectivity index (χ3n) is 6.64. The summed E-state index contributed by atoms with van der Waals surface area (Å²) in [6.07, 6.45) is 0. The molecule has 0 radical (unpaired) electrons. The molecule has 0 atom stereocenters. The minimum absolute atomic E-state index is 0.0711. The Balaban J connectivity index is 1.41. The van der Waals surface area contributed by atoms with Crippen molar-refractivity contribution in [2.45, 2.75) is 6.92 Å². The van der Waals surface area contributed by atoms with Crippen LogP contribution in [0.2, 0.25) is 5.02 Å². The van der Waals surface area contributed by atoms with Crippen LogP contribution >= 0.6 is 11.6 Å². The standard InChI is InChI=1S/C29H28ClN3O2/c1-21-27(29(34)32-18-16-31(17-19-32)24-12-14-26(35-2)15-13-24)20-28(22-8-10-23(30)11-9-22)33(21)25-6-4-3-5-7-25/h3-15,20H,16-19H2,1-2H3. The normalized spacial score (nSPS) is 13.7. The van der Waals surface area contributed by atoms with Crippen LogP contribution in [0.4, 0.5) is 5.69 Å². The van der Waals surface area contributed by atoms with Crippen LogP contribution < -0.4 is 9.64 Å². The highest BCUT2D eigenvalue weighted by Crippen LogP contribution is 2.31. The van der Waals surface area contributed by atoms with E-state index in [4.69, 9.17) is 16.3 Å². The van der Waals surface area contributed by atoms with Crippen molar-refractivity contribution in [2.75, 3.05) is 38.2 Å². The summed E-state index contributed by atoms with van der Waals surface area (Å²) in [5.74, 6) is 0.916. The first-order valence-corrected chi connectivity index (χ1v) is 12.1. The molecule has 5 nitrogen and oxygen atoms in total. The second kappa shape index (κ2) is 9.88. The first-order chi connectivity index (χ1) is 17.0. The number of halogens is 1. The highest BCUT2D eigenvalue weighted by atomic mass is 35.5. The van der Waals surface area contributed by atoms with E-state index in [-0.39, 0.29) is 5.91 Å². The van der Waals surface area contributed by atoms with Gasteiger partial charge < -0.3 is 19.1 Å². The van der Waals surface area contributed by atoms with Gasteiger partial charge in [-0.05, 0) is 67.1 Å². The quantitative estimate of drug-likeness (QED) is 0.344. The molecule has 35 heavy (non-hydrogen) atoms. The molecule has 1 amide bonds. The Labute approximate surface area is 211 Å². The molecule has 1 aliphatic rings. The number of methoxy groups -OCH3 is 1. The van der Waals surface area contributed by atoms with Gasteiger partial charge in [0.05, 0.1) is 18.4 Å². The van der Waals surface area contributed by atoms with Gasteiger partial charge in [0, 0.05) is 48.3 Å². The van der Waals surface area contributed by atoms with Crippen LogP contribution in [-0.2, 0) is 0 Å². The Morgan fingerprint density at radius 3 is 2.11 bits per heavy atom. The fourth-order valence-electron chi connectivity index (χ4n) is 4.70. The molecular formula is C29H28ClN3O2. The molecule has 0 unspecified atom stereocenters. The fourth-order valence-corrected chi connectivity index (χ4v) is 4.82. The van der Waals surface area contributed by atoms with E-state index in [1.165, 1.54) is 0 Å². The number of para-hydroxylation sites is 1. The summed E-state index contributed by atoms with van der Waals surface area (Å²) in [6.45, 7) is 4.96. The third kappa shape index (κ3) is 4.64. The fraction of sp³-hybridized carbons (Fsp3) is 0.207. The largest absolute Gasteiger partial charge is 0.497 e. The molecule has 1 fully saturated rings. The van der Waals surface area contributed by atoms with Crippen molar-refractivity contribution in [3.05, 3.63) is 101 Å². The van der Waals surface area contributed by atoms with Gasteiger partial charge in [0.15, 0.2) is 0 Å². The molecule has 0 aliphatic carbocycles. The Hall–Kier alpha value is -3.70. The molecule has 1 saturated heterocycles. The number of hydrogen-bond acceptors (Lipinski definition) is 3. The van der Waals surface area contributed by atoms with E-state index in [2.05, 4.69) is 33.7 Å². The van der Waals surface area contributed by atoms with Gasteiger partial charge in [0.25, 0.3) is 5.91 Å². The maximum atomic E-state index is 13.7. The predicted molar refractivity (Wildman–Crippen MR) is 142 cm³/mol. The molecule has 0 saturated carbocycles. The zero-order valence-corrected chi connectivity index (χ0v) is 20.7. The summed E-state index contributed by atoms with van der Waals surface area (Å²) in [5.41, 5.74) is 5.84. The predicted octanol–water partition coefficient (Wildman–Crippen LogP) is 6.08. The van der Waals surface area contributed by atoms with Gasteiger partial charge >= 0.3 is 0 Å². The lowest BCUT2D eigenvalue weighted by Gasteiger charge is -2.36. The first-order valence-electron chi connectivity index (χ1n) is 11.8. The Morgan fingerprint density at radius 2 is 1.49 bits per heavy atom. The molecule has 0 N–H and O–H groups in total. The zero-order valence-electron chi connectivity index (χ0n) is 19.9. The van der Waals surface area contributed by atoms with Crippen molar-refractivity contribution >= 4 is 23.2 Å². The lowest BCUT2D eigenvalue weighted by atomic mass is 10.1. The van der Waals surface area contributed by atoms with Crippen molar-refractivity contribution in [3.63, 3.8) is 0 Å². The van der Waals surface area contributed by atoms with Crippen molar-refractivity contribution in [3.8, 4) is 22.7 Å². The summed E-state index contributed by atoms with van der Waals surface area (Å²) in [5, 5.41) is 0.689. The van der Waals surface area contributed by atoms with Gasteiger partial charge in [-0.3, -0.25) is 4.79 Å². The number of hydrogen-bond donors (Lipinski definition) is 0. The van der Waals surface area contributed by atoms with Gasteiger partial charge in [-0.2, -0.15) is 0 Å². The van der Waals surface area contributed by atoms with E-state index < -0.39 is 0 Å². The van der Waals surface area contributed by atoms with Crippen LogP contribution in [-0.4, -0.2) is 48.7 Å². The monoisotopic (exact) mass is 485 g/mol. The van der Waals surface area contributed by atoms with Gasteiger partial charge in [-0.1, -0.05) is 41.9 Å². The summed E-state index contributed by atoms with van der Waals surface area (Å²) in [6, 6.07) is 28.0. The first kappa shape index (κ1) is 23.1. The van der Waals surface area contributed by atoms with Gasteiger partial charge in [-0.25, -0.2) is 0 Å². The van der Waals surface area contributed by atoms with E-state index in [1.54, 1.807) is 7.11 Å². The number of carbonyl (C=O) groups excluding carboxylic acids is 1. The lowest BCUT2D eigenvalue weighted by Crippen LogP contribution is -2.48. The highest BCUT2D eigenvalue weighted by molar-refractivity contribution is 6.30. The van der Waals surface area contributed by atoms with Crippen LogP contribution in [0, 0.1) is 6.92 Å². The minimum Gasteiger partial charge on any atom is -0.497 e. The van der Waals surface area contributed by atoms with Crippen LogP contribution in [0.15, 0.2) is 84.9 Å².